The second-order valence-electron chi connectivity index (χ2n) is 6.26. The normalized spacial score (nSPS) is 12.2. The third-order valence-corrected chi connectivity index (χ3v) is 5.04. The molecule has 0 aliphatic rings. The Balaban J connectivity index is 1.87. The SMILES string of the molecule is Cc1ccc(NC(=O)C(Sc2nnnn2C(C)C)c2ccccc2)cc1. The maximum absolute atomic E-state index is 13.0. The highest BCUT2D eigenvalue weighted by atomic mass is 32.2. The molecule has 0 radical (unpaired) electrons. The summed E-state index contributed by atoms with van der Waals surface area (Å²) in [6.07, 6.45) is 0. The number of aromatic nitrogens is 4. The number of carbonyl (C=O) groups excluding carboxylic acids is 1. The van der Waals surface area contributed by atoms with E-state index in [2.05, 4.69) is 20.8 Å². The molecule has 7 heteroatoms. The molecule has 2 aromatic carbocycles. The van der Waals surface area contributed by atoms with Gasteiger partial charge >= 0.3 is 0 Å². The minimum atomic E-state index is -0.457. The van der Waals surface area contributed by atoms with Gasteiger partial charge in [0.15, 0.2) is 0 Å². The topological polar surface area (TPSA) is 72.7 Å². The predicted molar refractivity (Wildman–Crippen MR) is 103 cm³/mol. The molecule has 0 spiro atoms. The van der Waals surface area contributed by atoms with E-state index in [0.29, 0.717) is 5.16 Å². The molecule has 0 saturated carbocycles. The van der Waals surface area contributed by atoms with E-state index in [4.69, 9.17) is 0 Å². The van der Waals surface area contributed by atoms with Crippen LogP contribution >= 0.6 is 11.8 Å². The molecule has 3 rings (SSSR count). The largest absolute Gasteiger partial charge is 0.325 e. The lowest BCUT2D eigenvalue weighted by atomic mass is 10.1. The van der Waals surface area contributed by atoms with E-state index in [-0.39, 0.29) is 11.9 Å². The van der Waals surface area contributed by atoms with Gasteiger partial charge in [-0.1, -0.05) is 59.8 Å². The molecule has 0 fully saturated rings. The van der Waals surface area contributed by atoms with Crippen LogP contribution in [0.1, 0.15) is 36.3 Å². The van der Waals surface area contributed by atoms with Gasteiger partial charge in [0, 0.05) is 5.69 Å². The standard InChI is InChI=1S/C19H21N5OS/c1-13(2)24-19(21-22-23-24)26-17(15-7-5-4-6-8-15)18(25)20-16-11-9-14(3)10-12-16/h4-13,17H,1-3H3,(H,20,25). The van der Waals surface area contributed by atoms with Gasteiger partial charge in [-0.25, -0.2) is 4.68 Å². The average molecular weight is 367 g/mol. The second-order valence-corrected chi connectivity index (χ2v) is 7.34. The number of aryl methyl sites for hydroxylation is 1. The Hall–Kier alpha value is -2.67. The van der Waals surface area contributed by atoms with Crippen molar-refractivity contribution >= 4 is 23.4 Å². The molecule has 1 unspecified atom stereocenters. The van der Waals surface area contributed by atoms with Gasteiger partial charge in [-0.3, -0.25) is 4.79 Å². The first-order valence-electron chi connectivity index (χ1n) is 8.41. The second kappa shape index (κ2) is 8.14. The van der Waals surface area contributed by atoms with Crippen molar-refractivity contribution < 1.29 is 4.79 Å². The minimum absolute atomic E-state index is 0.108. The number of rotatable bonds is 6. The van der Waals surface area contributed by atoms with E-state index < -0.39 is 5.25 Å². The maximum atomic E-state index is 13.0. The van der Waals surface area contributed by atoms with Crippen LogP contribution in [0.4, 0.5) is 5.69 Å². The first-order valence-corrected chi connectivity index (χ1v) is 9.29. The van der Waals surface area contributed by atoms with E-state index in [1.807, 2.05) is 75.4 Å². The molecule has 3 aromatic rings. The minimum Gasteiger partial charge on any atom is -0.325 e. The molecule has 26 heavy (non-hydrogen) atoms. The van der Waals surface area contributed by atoms with E-state index >= 15 is 0 Å². The smallest absolute Gasteiger partial charge is 0.242 e. The highest BCUT2D eigenvalue weighted by molar-refractivity contribution is 8.00. The van der Waals surface area contributed by atoms with Crippen LogP contribution in [0.5, 0.6) is 0 Å². The van der Waals surface area contributed by atoms with Gasteiger partial charge < -0.3 is 5.32 Å². The van der Waals surface area contributed by atoms with Crippen LogP contribution in [0.15, 0.2) is 59.8 Å². The Labute approximate surface area is 157 Å². The molecule has 134 valence electrons. The molecule has 1 amide bonds. The van der Waals surface area contributed by atoms with Crippen LogP contribution in [0.3, 0.4) is 0 Å². The van der Waals surface area contributed by atoms with Crippen molar-refractivity contribution in [1.82, 2.24) is 20.2 Å². The summed E-state index contributed by atoms with van der Waals surface area (Å²) in [4.78, 5) is 13.0. The van der Waals surface area contributed by atoms with Crippen LogP contribution in [-0.4, -0.2) is 26.1 Å². The lowest BCUT2D eigenvalue weighted by Crippen LogP contribution is -2.20. The summed E-state index contributed by atoms with van der Waals surface area (Å²) in [7, 11) is 0. The van der Waals surface area contributed by atoms with Crippen molar-refractivity contribution in [2.24, 2.45) is 0 Å². The van der Waals surface area contributed by atoms with E-state index in [1.54, 1.807) is 4.68 Å². The molecule has 0 saturated heterocycles. The fraction of sp³-hybridized carbons (Fsp3) is 0.263. The van der Waals surface area contributed by atoms with Gasteiger partial charge in [0.25, 0.3) is 0 Å². The third kappa shape index (κ3) is 4.29. The number of nitrogens with zero attached hydrogens (tertiary/aromatic N) is 4. The zero-order valence-electron chi connectivity index (χ0n) is 15.0. The molecule has 0 bridgehead atoms. The van der Waals surface area contributed by atoms with Crippen molar-refractivity contribution in [3.8, 4) is 0 Å². The summed E-state index contributed by atoms with van der Waals surface area (Å²) in [6, 6.07) is 17.5. The molecule has 0 aliphatic heterocycles. The lowest BCUT2D eigenvalue weighted by molar-refractivity contribution is -0.115. The fourth-order valence-corrected chi connectivity index (χ4v) is 3.55. The third-order valence-electron chi connectivity index (χ3n) is 3.83. The molecule has 1 atom stereocenters. The highest BCUT2D eigenvalue weighted by Crippen LogP contribution is 2.35. The number of thioether (sulfide) groups is 1. The molecule has 1 N–H and O–H groups in total. The number of anilines is 1. The summed E-state index contributed by atoms with van der Waals surface area (Å²) in [5.41, 5.74) is 2.82. The van der Waals surface area contributed by atoms with Crippen molar-refractivity contribution in [2.75, 3.05) is 5.32 Å². The number of hydrogen-bond donors (Lipinski definition) is 1. The molecular weight excluding hydrogens is 346 g/mol. The van der Waals surface area contributed by atoms with Gasteiger partial charge in [-0.15, -0.1) is 5.10 Å². The van der Waals surface area contributed by atoms with Gasteiger partial charge in [-0.2, -0.15) is 0 Å². The van der Waals surface area contributed by atoms with E-state index in [1.165, 1.54) is 11.8 Å². The van der Waals surface area contributed by atoms with Gasteiger partial charge in [0.2, 0.25) is 11.1 Å². The van der Waals surface area contributed by atoms with Gasteiger partial charge in [0.05, 0.1) is 6.04 Å². The summed E-state index contributed by atoms with van der Waals surface area (Å²) in [5.74, 6) is -0.108. The quantitative estimate of drug-likeness (QED) is 0.666. The Morgan fingerprint density at radius 2 is 1.77 bits per heavy atom. The average Bonchev–Trinajstić information content (AvgIpc) is 3.11. The molecule has 0 aliphatic carbocycles. The zero-order valence-corrected chi connectivity index (χ0v) is 15.8. The number of nitrogens with one attached hydrogen (secondary N) is 1. The van der Waals surface area contributed by atoms with E-state index in [9.17, 15) is 4.79 Å². The number of hydrogen-bond acceptors (Lipinski definition) is 5. The highest BCUT2D eigenvalue weighted by Gasteiger charge is 2.25. The predicted octanol–water partition coefficient (Wildman–Crippen LogP) is 4.03. The zero-order chi connectivity index (χ0) is 18.5. The fourth-order valence-electron chi connectivity index (χ4n) is 2.44. The summed E-state index contributed by atoms with van der Waals surface area (Å²) in [5, 5.41) is 15.0. The van der Waals surface area contributed by atoms with Crippen molar-refractivity contribution in [2.45, 2.75) is 37.2 Å². The Morgan fingerprint density at radius 3 is 2.42 bits per heavy atom. The number of amides is 1. The molecule has 6 nitrogen and oxygen atoms in total. The van der Waals surface area contributed by atoms with Crippen molar-refractivity contribution in [1.29, 1.82) is 0 Å². The summed E-state index contributed by atoms with van der Waals surface area (Å²) in [6.45, 7) is 6.02. The first-order chi connectivity index (χ1) is 12.5. The van der Waals surface area contributed by atoms with Crippen LogP contribution < -0.4 is 5.32 Å². The molecule has 1 aromatic heterocycles. The number of tetrazole rings is 1. The van der Waals surface area contributed by atoms with Crippen molar-refractivity contribution in [3.05, 3.63) is 65.7 Å². The maximum Gasteiger partial charge on any atom is 0.242 e. The number of benzene rings is 2. The van der Waals surface area contributed by atoms with Gasteiger partial charge in [-0.05, 0) is 48.9 Å². The molecular formula is C19H21N5OS. The summed E-state index contributed by atoms with van der Waals surface area (Å²) >= 11 is 1.35. The molecule has 1 heterocycles. The van der Waals surface area contributed by atoms with Crippen LogP contribution in [-0.2, 0) is 4.79 Å². The van der Waals surface area contributed by atoms with Crippen molar-refractivity contribution in [3.63, 3.8) is 0 Å². The first kappa shape index (κ1) is 18.1. The van der Waals surface area contributed by atoms with Gasteiger partial charge in [0.1, 0.15) is 5.25 Å². The monoisotopic (exact) mass is 367 g/mol. The number of carbonyl (C=O) groups is 1. The Kier molecular flexibility index (Phi) is 5.68. The van der Waals surface area contributed by atoms with Crippen LogP contribution in [0.2, 0.25) is 0 Å². The summed E-state index contributed by atoms with van der Waals surface area (Å²) < 4.78 is 1.72. The lowest BCUT2D eigenvalue weighted by Gasteiger charge is -2.17. The Morgan fingerprint density at radius 1 is 1.08 bits per heavy atom. The Bertz CT molecular complexity index is 861. The van der Waals surface area contributed by atoms with E-state index in [0.717, 1.165) is 16.8 Å². The van der Waals surface area contributed by atoms with Crippen LogP contribution in [0, 0.1) is 6.92 Å². The van der Waals surface area contributed by atoms with Crippen LogP contribution in [0.25, 0.3) is 0 Å².